The summed E-state index contributed by atoms with van der Waals surface area (Å²) in [4.78, 5) is 36.7. The molecule has 36 heavy (non-hydrogen) atoms. The second kappa shape index (κ2) is 8.52. The molecule has 4 N–H and O–H groups in total. The van der Waals surface area contributed by atoms with Crippen LogP contribution in [0.15, 0.2) is 71.9 Å². The Hall–Kier alpha value is -4.67. The zero-order chi connectivity index (χ0) is 25.6. The van der Waals surface area contributed by atoms with E-state index in [4.69, 9.17) is 5.73 Å². The Morgan fingerprint density at radius 3 is 2.53 bits per heavy atom. The molecule has 3 heterocycles. The Labute approximate surface area is 201 Å². The lowest BCUT2D eigenvalue weighted by molar-refractivity contribution is -0.136. The fourth-order valence-electron chi connectivity index (χ4n) is 4.33. The number of amides is 1. The van der Waals surface area contributed by atoms with Gasteiger partial charge in [0.05, 0.1) is 27.9 Å². The van der Waals surface area contributed by atoms with E-state index >= 15 is 0 Å². The number of nitrogens with two attached hydrogens (primary N) is 1. The van der Waals surface area contributed by atoms with Gasteiger partial charge in [-0.1, -0.05) is 30.3 Å². The van der Waals surface area contributed by atoms with Crippen molar-refractivity contribution < 1.29 is 18.0 Å². The quantitative estimate of drug-likeness (QED) is 0.333. The van der Waals surface area contributed by atoms with Gasteiger partial charge in [-0.05, 0) is 36.6 Å². The van der Waals surface area contributed by atoms with Crippen molar-refractivity contribution in [3.63, 3.8) is 0 Å². The van der Waals surface area contributed by atoms with Crippen LogP contribution in [0.5, 0.6) is 0 Å². The van der Waals surface area contributed by atoms with Crippen LogP contribution in [0.2, 0.25) is 0 Å². The van der Waals surface area contributed by atoms with Crippen LogP contribution in [0.25, 0.3) is 27.5 Å². The maximum absolute atomic E-state index is 13.8. The number of nitrogens with zero attached hydrogens (tertiary/aromatic N) is 3. The van der Waals surface area contributed by atoms with Crippen LogP contribution in [0.3, 0.4) is 0 Å². The summed E-state index contributed by atoms with van der Waals surface area (Å²) in [6.07, 6.45) is -1.99. The van der Waals surface area contributed by atoms with Crippen LogP contribution in [0, 0.1) is 0 Å². The summed E-state index contributed by atoms with van der Waals surface area (Å²) in [6.45, 7) is 1.73. The SMILES string of the molecule is C[C@H](Nc1ncnc2[nH]cc(C(N)=O)c12)c1cc2cccc(C(F)(F)F)c2c(=O)n1-c1ccccc1. The Kier molecular flexibility index (Phi) is 5.47. The number of carbonyl (C=O) groups excluding carboxylic acids is 1. The Morgan fingerprint density at radius 2 is 1.83 bits per heavy atom. The summed E-state index contributed by atoms with van der Waals surface area (Å²) < 4.78 is 42.6. The van der Waals surface area contributed by atoms with Gasteiger partial charge < -0.3 is 16.0 Å². The summed E-state index contributed by atoms with van der Waals surface area (Å²) in [5.41, 5.74) is 5.02. The van der Waals surface area contributed by atoms with Crippen LogP contribution < -0.4 is 16.6 Å². The molecular weight excluding hydrogens is 473 g/mol. The number of anilines is 1. The predicted octanol–water partition coefficient (Wildman–Crippen LogP) is 4.55. The van der Waals surface area contributed by atoms with Crippen LogP contribution in [-0.2, 0) is 6.18 Å². The number of aromatic nitrogens is 4. The molecule has 5 rings (SSSR count). The number of H-pyrrole nitrogens is 1. The summed E-state index contributed by atoms with van der Waals surface area (Å²) in [6, 6.07) is 12.9. The molecule has 3 aromatic heterocycles. The zero-order valence-corrected chi connectivity index (χ0v) is 18.8. The molecule has 2 aromatic carbocycles. The molecule has 0 unspecified atom stereocenters. The summed E-state index contributed by atoms with van der Waals surface area (Å²) in [7, 11) is 0. The third-order valence-corrected chi connectivity index (χ3v) is 5.93. The van der Waals surface area contributed by atoms with Gasteiger partial charge in [-0.25, -0.2) is 9.97 Å². The average Bonchev–Trinajstić information content (AvgIpc) is 3.29. The van der Waals surface area contributed by atoms with Gasteiger partial charge in [-0.3, -0.25) is 14.2 Å². The van der Waals surface area contributed by atoms with E-state index in [1.165, 1.54) is 29.2 Å². The first-order valence-electron chi connectivity index (χ1n) is 10.9. The van der Waals surface area contributed by atoms with Crippen LogP contribution in [0.4, 0.5) is 19.0 Å². The highest BCUT2D eigenvalue weighted by atomic mass is 19.4. The van der Waals surface area contributed by atoms with Crippen molar-refractivity contribution in [3.05, 3.63) is 94.3 Å². The topological polar surface area (TPSA) is 119 Å². The lowest BCUT2D eigenvalue weighted by atomic mass is 10.0. The number of hydrogen-bond acceptors (Lipinski definition) is 5. The monoisotopic (exact) mass is 492 g/mol. The number of halogens is 3. The van der Waals surface area contributed by atoms with E-state index in [0.717, 1.165) is 6.07 Å². The van der Waals surface area contributed by atoms with Gasteiger partial charge in [0, 0.05) is 17.6 Å². The number of para-hydroxylation sites is 1. The van der Waals surface area contributed by atoms with Gasteiger partial charge in [0.2, 0.25) is 0 Å². The molecule has 0 aliphatic rings. The lowest BCUT2D eigenvalue weighted by Gasteiger charge is -2.22. The van der Waals surface area contributed by atoms with E-state index in [2.05, 4.69) is 20.3 Å². The van der Waals surface area contributed by atoms with Crippen LogP contribution in [-0.4, -0.2) is 25.4 Å². The summed E-state index contributed by atoms with van der Waals surface area (Å²) in [5.74, 6) is -0.405. The van der Waals surface area contributed by atoms with E-state index < -0.39 is 34.6 Å². The van der Waals surface area contributed by atoms with Crippen LogP contribution >= 0.6 is 0 Å². The van der Waals surface area contributed by atoms with Gasteiger partial charge in [0.25, 0.3) is 11.5 Å². The molecule has 1 atom stereocenters. The molecule has 0 spiro atoms. The van der Waals surface area contributed by atoms with Gasteiger partial charge in [0.1, 0.15) is 17.8 Å². The molecule has 0 radical (unpaired) electrons. The zero-order valence-electron chi connectivity index (χ0n) is 18.8. The molecule has 0 fully saturated rings. The molecule has 1 amide bonds. The number of hydrogen-bond donors (Lipinski definition) is 3. The molecular formula is C25H19F3N6O2. The number of carbonyl (C=O) groups is 1. The first kappa shape index (κ1) is 23.1. The van der Waals surface area contributed by atoms with E-state index in [1.54, 1.807) is 43.3 Å². The molecule has 0 aliphatic carbocycles. The maximum atomic E-state index is 13.8. The third-order valence-electron chi connectivity index (χ3n) is 5.93. The van der Waals surface area contributed by atoms with E-state index in [0.29, 0.717) is 22.4 Å². The lowest BCUT2D eigenvalue weighted by Crippen LogP contribution is -2.27. The molecule has 182 valence electrons. The normalized spacial score (nSPS) is 12.7. The minimum atomic E-state index is -4.70. The second-order valence-corrected chi connectivity index (χ2v) is 8.19. The standard InChI is InChI=1S/C25H19F3N6O2/c1-13(33-23-20-16(21(29)35)11-30-22(20)31-12-32-23)18-10-14-6-5-9-17(25(26,27)28)19(14)24(36)34(18)15-7-3-2-4-8-15/h2-13H,1H3,(H2,29,35)(H2,30,31,32,33)/t13-/m0/s1. The number of benzene rings is 2. The largest absolute Gasteiger partial charge is 0.417 e. The minimum Gasteiger partial charge on any atom is -0.366 e. The highest BCUT2D eigenvalue weighted by Crippen LogP contribution is 2.35. The Bertz CT molecular complexity index is 1680. The van der Waals surface area contributed by atoms with Crippen molar-refractivity contribution in [2.45, 2.75) is 19.1 Å². The number of alkyl halides is 3. The highest BCUT2D eigenvalue weighted by molar-refractivity contribution is 6.08. The van der Waals surface area contributed by atoms with Gasteiger partial charge >= 0.3 is 6.18 Å². The minimum absolute atomic E-state index is 0.151. The number of fused-ring (bicyclic) bond motifs is 2. The second-order valence-electron chi connectivity index (χ2n) is 8.19. The summed E-state index contributed by atoms with van der Waals surface area (Å²) >= 11 is 0. The van der Waals surface area contributed by atoms with E-state index in [-0.39, 0.29) is 16.8 Å². The van der Waals surface area contributed by atoms with Crippen molar-refractivity contribution in [2.75, 3.05) is 5.32 Å². The van der Waals surface area contributed by atoms with Crippen molar-refractivity contribution in [1.29, 1.82) is 0 Å². The summed E-state index contributed by atoms with van der Waals surface area (Å²) in [5, 5.41) is 3.27. The molecule has 11 heteroatoms. The molecule has 0 saturated carbocycles. The van der Waals surface area contributed by atoms with Crippen LogP contribution in [0.1, 0.15) is 34.6 Å². The van der Waals surface area contributed by atoms with Crippen molar-refractivity contribution in [1.82, 2.24) is 19.5 Å². The molecule has 8 nitrogen and oxygen atoms in total. The van der Waals surface area contributed by atoms with Gasteiger partial charge in [-0.2, -0.15) is 13.2 Å². The fourth-order valence-corrected chi connectivity index (χ4v) is 4.33. The average molecular weight is 492 g/mol. The number of aromatic amines is 1. The number of primary amides is 1. The Balaban J connectivity index is 1.74. The van der Waals surface area contributed by atoms with Crippen molar-refractivity contribution in [2.24, 2.45) is 5.73 Å². The number of nitrogens with one attached hydrogen (secondary N) is 2. The predicted molar refractivity (Wildman–Crippen MR) is 129 cm³/mol. The third kappa shape index (κ3) is 3.84. The Morgan fingerprint density at radius 1 is 1.08 bits per heavy atom. The molecule has 0 bridgehead atoms. The van der Waals surface area contributed by atoms with Gasteiger partial charge in [-0.15, -0.1) is 0 Å². The number of pyridine rings is 1. The fraction of sp³-hybridized carbons (Fsp3) is 0.120. The molecule has 0 aliphatic heterocycles. The molecule has 0 saturated heterocycles. The van der Waals surface area contributed by atoms with Crippen molar-refractivity contribution in [3.8, 4) is 5.69 Å². The maximum Gasteiger partial charge on any atom is 0.417 e. The van der Waals surface area contributed by atoms with Gasteiger partial charge in [0.15, 0.2) is 0 Å². The van der Waals surface area contributed by atoms with Crippen molar-refractivity contribution >= 4 is 33.5 Å². The first-order chi connectivity index (χ1) is 17.2. The van der Waals surface area contributed by atoms with E-state index in [9.17, 15) is 22.8 Å². The van der Waals surface area contributed by atoms with E-state index in [1.807, 2.05) is 0 Å². The highest BCUT2D eigenvalue weighted by Gasteiger charge is 2.34. The molecule has 5 aromatic rings. The number of rotatable bonds is 5. The smallest absolute Gasteiger partial charge is 0.366 e. The first-order valence-corrected chi connectivity index (χ1v) is 10.9.